The van der Waals surface area contributed by atoms with Gasteiger partial charge in [-0.3, -0.25) is 14.4 Å². The minimum atomic E-state index is -3.32. The van der Waals surface area contributed by atoms with Crippen LogP contribution in [0, 0.1) is 5.92 Å². The van der Waals surface area contributed by atoms with Crippen molar-refractivity contribution in [3.05, 3.63) is 29.8 Å². The number of carbonyl (C=O) groups is 1. The van der Waals surface area contributed by atoms with Crippen molar-refractivity contribution < 1.29 is 18.0 Å². The van der Waals surface area contributed by atoms with Crippen LogP contribution in [0.1, 0.15) is 23.2 Å². The van der Waals surface area contributed by atoms with E-state index in [9.17, 15) is 13.2 Å². The van der Waals surface area contributed by atoms with Crippen molar-refractivity contribution >= 4 is 21.6 Å². The number of nitrogens with one attached hydrogen (secondary N) is 3. The highest BCUT2D eigenvalue weighted by Crippen LogP contribution is 2.12. The molecule has 0 atom stereocenters. The summed E-state index contributed by atoms with van der Waals surface area (Å²) < 4.78 is 24.5. The minimum absolute atomic E-state index is 0.347. The van der Waals surface area contributed by atoms with Crippen LogP contribution < -0.4 is 15.5 Å². The fourth-order valence-electron chi connectivity index (χ4n) is 2.24. The van der Waals surface area contributed by atoms with E-state index in [1.165, 1.54) is 24.3 Å². The number of hydrogen-bond acceptors (Lipinski definition) is 5. The van der Waals surface area contributed by atoms with Gasteiger partial charge in [-0.05, 0) is 56.1 Å². The third-order valence-corrected chi connectivity index (χ3v) is 4.00. The van der Waals surface area contributed by atoms with E-state index in [4.69, 9.17) is 4.84 Å². The number of hydrogen-bond donors (Lipinski definition) is 3. The second kappa shape index (κ2) is 7.57. The molecule has 0 radical (unpaired) electrons. The van der Waals surface area contributed by atoms with Gasteiger partial charge in [0.1, 0.15) is 0 Å². The van der Waals surface area contributed by atoms with Gasteiger partial charge in [-0.2, -0.15) is 0 Å². The molecular weight excluding hydrogens is 306 g/mol. The molecule has 0 aliphatic carbocycles. The van der Waals surface area contributed by atoms with E-state index in [0.717, 1.165) is 32.2 Å². The number of benzene rings is 1. The summed E-state index contributed by atoms with van der Waals surface area (Å²) in [6.07, 6.45) is 3.16. The lowest BCUT2D eigenvalue weighted by molar-refractivity contribution is 0.0118. The lowest BCUT2D eigenvalue weighted by Crippen LogP contribution is -2.33. The molecule has 1 fully saturated rings. The van der Waals surface area contributed by atoms with Gasteiger partial charge in [-0.1, -0.05) is 0 Å². The largest absolute Gasteiger partial charge is 0.317 e. The second-order valence-corrected chi connectivity index (χ2v) is 7.14. The summed E-state index contributed by atoms with van der Waals surface area (Å²) in [5.41, 5.74) is 3.23. The number of anilines is 1. The highest BCUT2D eigenvalue weighted by atomic mass is 32.2. The Bertz CT molecular complexity index is 595. The lowest BCUT2D eigenvalue weighted by Gasteiger charge is -2.22. The Labute approximate surface area is 130 Å². The lowest BCUT2D eigenvalue weighted by atomic mass is 10.00. The Morgan fingerprint density at radius 1 is 1.27 bits per heavy atom. The monoisotopic (exact) mass is 327 g/mol. The molecule has 0 aromatic heterocycles. The van der Waals surface area contributed by atoms with Crippen LogP contribution in [0.2, 0.25) is 0 Å². The molecule has 1 aromatic rings. The van der Waals surface area contributed by atoms with Crippen LogP contribution in [0.4, 0.5) is 5.69 Å². The zero-order valence-electron chi connectivity index (χ0n) is 12.5. The summed E-state index contributed by atoms with van der Waals surface area (Å²) in [5, 5.41) is 3.27. The maximum atomic E-state index is 11.9. The van der Waals surface area contributed by atoms with E-state index in [1.54, 1.807) is 0 Å². The van der Waals surface area contributed by atoms with Crippen molar-refractivity contribution in [3.8, 4) is 0 Å². The van der Waals surface area contributed by atoms with Crippen LogP contribution in [0.15, 0.2) is 24.3 Å². The predicted octanol–water partition coefficient (Wildman–Crippen LogP) is 0.719. The van der Waals surface area contributed by atoms with E-state index in [2.05, 4.69) is 15.5 Å². The molecule has 22 heavy (non-hydrogen) atoms. The molecule has 1 aliphatic rings. The van der Waals surface area contributed by atoms with E-state index in [0.29, 0.717) is 23.8 Å². The molecule has 0 spiro atoms. The van der Waals surface area contributed by atoms with Crippen LogP contribution in [-0.2, 0) is 14.9 Å². The van der Waals surface area contributed by atoms with Crippen LogP contribution in [0.3, 0.4) is 0 Å². The average Bonchev–Trinajstić information content (AvgIpc) is 2.47. The molecule has 8 heteroatoms. The third-order valence-electron chi connectivity index (χ3n) is 3.39. The summed E-state index contributed by atoms with van der Waals surface area (Å²) in [6, 6.07) is 6.14. The van der Waals surface area contributed by atoms with Crippen LogP contribution in [0.5, 0.6) is 0 Å². The van der Waals surface area contributed by atoms with Crippen molar-refractivity contribution in [2.45, 2.75) is 12.8 Å². The maximum Gasteiger partial charge on any atom is 0.274 e. The number of carbonyl (C=O) groups excluding carboxylic acids is 1. The Morgan fingerprint density at radius 3 is 2.50 bits per heavy atom. The maximum absolute atomic E-state index is 11.9. The molecular formula is C14H21N3O4S. The molecule has 1 amide bonds. The molecule has 0 bridgehead atoms. The summed E-state index contributed by atoms with van der Waals surface area (Å²) in [5.74, 6) is 0.114. The van der Waals surface area contributed by atoms with Gasteiger partial charge < -0.3 is 5.32 Å². The first-order valence-corrected chi connectivity index (χ1v) is 9.04. The summed E-state index contributed by atoms with van der Waals surface area (Å²) in [6.45, 7) is 2.47. The van der Waals surface area contributed by atoms with Gasteiger partial charge in [-0.15, -0.1) is 0 Å². The van der Waals surface area contributed by atoms with Crippen molar-refractivity contribution in [2.24, 2.45) is 5.92 Å². The minimum Gasteiger partial charge on any atom is -0.317 e. The molecule has 7 nitrogen and oxygen atoms in total. The van der Waals surface area contributed by atoms with Gasteiger partial charge in [0.2, 0.25) is 10.0 Å². The van der Waals surface area contributed by atoms with E-state index in [-0.39, 0.29) is 5.91 Å². The molecule has 0 saturated carbocycles. The molecule has 0 unspecified atom stereocenters. The Hall–Kier alpha value is -1.64. The highest BCUT2D eigenvalue weighted by molar-refractivity contribution is 7.92. The second-order valence-electron chi connectivity index (χ2n) is 5.39. The fraction of sp³-hybridized carbons (Fsp3) is 0.500. The molecule has 1 saturated heterocycles. The first-order valence-electron chi connectivity index (χ1n) is 7.15. The summed E-state index contributed by atoms with van der Waals surface area (Å²) in [4.78, 5) is 17.2. The zero-order chi connectivity index (χ0) is 16.0. The number of rotatable bonds is 6. The molecule has 1 aliphatic heterocycles. The van der Waals surface area contributed by atoms with Crippen molar-refractivity contribution in [1.29, 1.82) is 0 Å². The van der Waals surface area contributed by atoms with Crippen molar-refractivity contribution in [1.82, 2.24) is 10.8 Å². The van der Waals surface area contributed by atoms with E-state index >= 15 is 0 Å². The predicted molar refractivity (Wildman–Crippen MR) is 83.9 cm³/mol. The molecule has 2 rings (SSSR count). The zero-order valence-corrected chi connectivity index (χ0v) is 13.3. The van der Waals surface area contributed by atoms with Gasteiger partial charge in [0, 0.05) is 11.3 Å². The van der Waals surface area contributed by atoms with Gasteiger partial charge in [0.15, 0.2) is 0 Å². The number of piperidine rings is 1. The smallest absolute Gasteiger partial charge is 0.274 e. The topological polar surface area (TPSA) is 96.5 Å². The highest BCUT2D eigenvalue weighted by Gasteiger charge is 2.14. The number of hydroxylamine groups is 1. The SMILES string of the molecule is CS(=O)(=O)Nc1ccc(C(=O)NOCC2CCNCC2)cc1. The van der Waals surface area contributed by atoms with Crippen LogP contribution in [0.25, 0.3) is 0 Å². The average molecular weight is 327 g/mol. The molecule has 3 N–H and O–H groups in total. The summed E-state index contributed by atoms with van der Waals surface area (Å²) in [7, 11) is -3.32. The normalized spacial score (nSPS) is 16.2. The van der Waals surface area contributed by atoms with Crippen molar-refractivity contribution in [2.75, 3.05) is 30.7 Å². The number of amides is 1. The van der Waals surface area contributed by atoms with Crippen LogP contribution in [-0.4, -0.2) is 40.3 Å². The van der Waals surface area contributed by atoms with Gasteiger partial charge in [-0.25, -0.2) is 13.9 Å². The van der Waals surface area contributed by atoms with E-state index in [1.807, 2.05) is 0 Å². The first-order chi connectivity index (χ1) is 10.4. The fourth-order valence-corrected chi connectivity index (χ4v) is 2.80. The van der Waals surface area contributed by atoms with Crippen molar-refractivity contribution in [3.63, 3.8) is 0 Å². The Morgan fingerprint density at radius 2 is 1.91 bits per heavy atom. The van der Waals surface area contributed by atoms with Crippen LogP contribution >= 0.6 is 0 Å². The standard InChI is InChI=1S/C14H21N3O4S/c1-22(19,20)17-13-4-2-12(3-5-13)14(18)16-21-10-11-6-8-15-9-7-11/h2-5,11,15,17H,6-10H2,1H3,(H,16,18). The van der Waals surface area contributed by atoms with Gasteiger partial charge in [0.25, 0.3) is 5.91 Å². The quantitative estimate of drug-likeness (QED) is 0.669. The Kier molecular flexibility index (Phi) is 5.76. The van der Waals surface area contributed by atoms with E-state index < -0.39 is 10.0 Å². The van der Waals surface area contributed by atoms with Gasteiger partial charge >= 0.3 is 0 Å². The first kappa shape index (κ1) is 16.7. The molecule has 1 aromatic carbocycles. The summed E-state index contributed by atoms with van der Waals surface area (Å²) >= 11 is 0. The molecule has 122 valence electrons. The molecule has 1 heterocycles. The number of sulfonamides is 1. The Balaban J connectivity index is 1.79. The third kappa shape index (κ3) is 5.63. The van der Waals surface area contributed by atoms with Gasteiger partial charge in [0.05, 0.1) is 12.9 Å².